The molecule has 0 spiro atoms. The molecule has 3 heterocycles. The number of rotatable bonds is 7. The molecule has 2 aromatic carbocycles. The van der Waals surface area contributed by atoms with Crippen LogP contribution in [-0.2, 0) is 11.3 Å². The summed E-state index contributed by atoms with van der Waals surface area (Å²) in [4.78, 5) is 19.8. The number of carbonyl (C=O) groups is 1. The molecule has 1 N–H and O–H groups in total. The van der Waals surface area contributed by atoms with Crippen LogP contribution in [0.5, 0.6) is 11.5 Å². The number of amides is 1. The Morgan fingerprint density at radius 2 is 1.92 bits per heavy atom. The molecule has 1 fully saturated rings. The Morgan fingerprint density at radius 3 is 2.69 bits per heavy atom. The van der Waals surface area contributed by atoms with Gasteiger partial charge in [0.25, 0.3) is 0 Å². The van der Waals surface area contributed by atoms with E-state index in [1.54, 1.807) is 43.3 Å². The summed E-state index contributed by atoms with van der Waals surface area (Å²) in [6.07, 6.45) is 5.21. The fourth-order valence-corrected chi connectivity index (χ4v) is 4.62. The molecule has 8 nitrogen and oxygen atoms in total. The van der Waals surface area contributed by atoms with Crippen LogP contribution in [-0.4, -0.2) is 47.8 Å². The number of carbonyl (C=O) groups excluding carboxylic acids is 1. The summed E-state index contributed by atoms with van der Waals surface area (Å²) >= 11 is 0. The zero-order valence-electron chi connectivity index (χ0n) is 20.3. The Morgan fingerprint density at radius 1 is 1.11 bits per heavy atom. The Hall–Kier alpha value is -4.14. The first kappa shape index (κ1) is 23.6. The van der Waals surface area contributed by atoms with Crippen molar-refractivity contribution in [2.75, 3.05) is 32.2 Å². The molecular formula is C27H28FN5O3. The lowest BCUT2D eigenvalue weighted by molar-refractivity contribution is -0.125. The van der Waals surface area contributed by atoms with Crippen molar-refractivity contribution < 1.29 is 18.7 Å². The van der Waals surface area contributed by atoms with Crippen molar-refractivity contribution in [2.24, 2.45) is 5.92 Å². The molecule has 1 amide bonds. The van der Waals surface area contributed by atoms with Gasteiger partial charge < -0.3 is 19.7 Å². The van der Waals surface area contributed by atoms with E-state index in [1.807, 2.05) is 24.3 Å². The maximum Gasteiger partial charge on any atom is 0.225 e. The third-order valence-corrected chi connectivity index (χ3v) is 6.52. The van der Waals surface area contributed by atoms with E-state index >= 15 is 0 Å². The van der Waals surface area contributed by atoms with Gasteiger partial charge in [-0.3, -0.25) is 4.79 Å². The first-order chi connectivity index (χ1) is 17.6. The molecular weight excluding hydrogens is 461 g/mol. The molecule has 0 bridgehead atoms. The second-order valence-corrected chi connectivity index (χ2v) is 8.81. The van der Waals surface area contributed by atoms with Gasteiger partial charge >= 0.3 is 0 Å². The summed E-state index contributed by atoms with van der Waals surface area (Å²) in [5.41, 5.74) is 3.36. The van der Waals surface area contributed by atoms with Crippen molar-refractivity contribution in [1.82, 2.24) is 19.9 Å². The highest BCUT2D eigenvalue weighted by atomic mass is 19.1. The van der Waals surface area contributed by atoms with Gasteiger partial charge in [-0.25, -0.2) is 13.9 Å². The molecule has 9 heteroatoms. The molecule has 4 aromatic rings. The maximum absolute atomic E-state index is 13.3. The Labute approximate surface area is 208 Å². The van der Waals surface area contributed by atoms with Gasteiger partial charge in [0.05, 0.1) is 25.8 Å². The Balaban J connectivity index is 1.29. The monoisotopic (exact) mass is 489 g/mol. The van der Waals surface area contributed by atoms with Gasteiger partial charge in [0.15, 0.2) is 17.3 Å². The summed E-state index contributed by atoms with van der Waals surface area (Å²) < 4.78 is 25.8. The van der Waals surface area contributed by atoms with E-state index < -0.39 is 0 Å². The summed E-state index contributed by atoms with van der Waals surface area (Å²) in [7, 11) is 3.19. The van der Waals surface area contributed by atoms with Crippen LogP contribution in [0, 0.1) is 11.7 Å². The van der Waals surface area contributed by atoms with E-state index in [4.69, 9.17) is 9.47 Å². The fraction of sp³-hybridized carbons (Fsp3) is 0.296. The quantitative estimate of drug-likeness (QED) is 0.421. The zero-order valence-corrected chi connectivity index (χ0v) is 20.3. The number of anilines is 1. The molecule has 0 aliphatic carbocycles. The van der Waals surface area contributed by atoms with Crippen LogP contribution < -0.4 is 19.7 Å². The minimum atomic E-state index is -0.284. The molecule has 186 valence electrons. The first-order valence-electron chi connectivity index (χ1n) is 11.9. The zero-order chi connectivity index (χ0) is 25.1. The lowest BCUT2D eigenvalue weighted by atomic mass is 9.97. The van der Waals surface area contributed by atoms with Crippen LogP contribution in [0.3, 0.4) is 0 Å². The van der Waals surface area contributed by atoms with Gasteiger partial charge in [-0.15, -0.1) is 0 Å². The van der Waals surface area contributed by atoms with Gasteiger partial charge in [-0.1, -0.05) is 6.07 Å². The molecule has 1 atom stereocenters. The Bertz CT molecular complexity index is 1370. The number of nitrogens with one attached hydrogen (secondary N) is 1. The van der Waals surface area contributed by atoms with Gasteiger partial charge in [0, 0.05) is 37.6 Å². The van der Waals surface area contributed by atoms with E-state index in [0.29, 0.717) is 24.6 Å². The molecule has 0 radical (unpaired) electrons. The minimum Gasteiger partial charge on any atom is -0.493 e. The normalized spacial score (nSPS) is 15.6. The third kappa shape index (κ3) is 4.82. The van der Waals surface area contributed by atoms with Crippen LogP contribution in [0.1, 0.15) is 18.4 Å². The molecule has 36 heavy (non-hydrogen) atoms. The highest BCUT2D eigenvalue weighted by Crippen LogP contribution is 2.29. The predicted octanol–water partition coefficient (Wildman–Crippen LogP) is 4.09. The highest BCUT2D eigenvalue weighted by molar-refractivity contribution is 5.81. The minimum absolute atomic E-state index is 0.0157. The average Bonchev–Trinajstić information content (AvgIpc) is 3.36. The molecule has 1 saturated heterocycles. The molecule has 0 saturated carbocycles. The lowest BCUT2D eigenvalue weighted by Crippen LogP contribution is -2.43. The number of fused-ring (bicyclic) bond motifs is 1. The smallest absolute Gasteiger partial charge is 0.225 e. The molecule has 5 rings (SSSR count). The predicted molar refractivity (Wildman–Crippen MR) is 135 cm³/mol. The van der Waals surface area contributed by atoms with E-state index in [2.05, 4.69) is 20.3 Å². The topological polar surface area (TPSA) is 81.0 Å². The van der Waals surface area contributed by atoms with Crippen LogP contribution in [0.2, 0.25) is 0 Å². The van der Waals surface area contributed by atoms with Gasteiger partial charge in [0.2, 0.25) is 5.91 Å². The van der Waals surface area contributed by atoms with E-state index in [1.165, 1.54) is 12.1 Å². The van der Waals surface area contributed by atoms with Crippen molar-refractivity contribution in [2.45, 2.75) is 19.4 Å². The van der Waals surface area contributed by atoms with Gasteiger partial charge in [0.1, 0.15) is 11.3 Å². The lowest BCUT2D eigenvalue weighted by Gasteiger charge is -2.33. The van der Waals surface area contributed by atoms with Crippen molar-refractivity contribution in [3.63, 3.8) is 0 Å². The summed E-state index contributed by atoms with van der Waals surface area (Å²) in [5, 5.41) is 7.71. The third-order valence-electron chi connectivity index (χ3n) is 6.52. The Kier molecular flexibility index (Phi) is 6.71. The summed E-state index contributed by atoms with van der Waals surface area (Å²) in [6.45, 7) is 1.79. The second kappa shape index (κ2) is 10.2. The highest BCUT2D eigenvalue weighted by Gasteiger charge is 2.28. The van der Waals surface area contributed by atoms with Crippen LogP contribution >= 0.6 is 0 Å². The number of nitrogens with zero attached hydrogens (tertiary/aromatic N) is 4. The van der Waals surface area contributed by atoms with Crippen molar-refractivity contribution in [3.05, 3.63) is 72.3 Å². The standard InChI is InChI=1S/C27H28FN5O3/c1-35-24-10-5-18(14-25(24)36-2)16-30-27(34)20-4-3-12-32(17-20)26-23-15-22(31-33(23)13-11-29-26)19-6-8-21(28)9-7-19/h5-11,13-15,20H,3-4,12,16-17H2,1-2H3,(H,30,34)/t20-/m0/s1. The number of methoxy groups -OCH3 is 2. The van der Waals surface area contributed by atoms with Crippen LogP contribution in [0.4, 0.5) is 10.2 Å². The SMILES string of the molecule is COc1ccc(CNC(=O)[C@H]2CCCN(c3nccn4nc(-c5ccc(F)cc5)cc34)C2)cc1OC. The summed E-state index contributed by atoms with van der Waals surface area (Å²) in [5.74, 6) is 1.65. The number of aromatic nitrogens is 3. The number of hydrogen-bond donors (Lipinski definition) is 1. The number of piperidine rings is 1. The molecule has 2 aromatic heterocycles. The van der Waals surface area contributed by atoms with E-state index in [0.717, 1.165) is 47.5 Å². The molecule has 1 aliphatic heterocycles. The molecule has 0 unspecified atom stereocenters. The van der Waals surface area contributed by atoms with Crippen LogP contribution in [0.25, 0.3) is 16.8 Å². The molecule has 1 aliphatic rings. The van der Waals surface area contributed by atoms with Crippen molar-refractivity contribution >= 4 is 17.2 Å². The first-order valence-corrected chi connectivity index (χ1v) is 11.9. The van der Waals surface area contributed by atoms with Crippen molar-refractivity contribution in [3.8, 4) is 22.8 Å². The van der Waals surface area contributed by atoms with Crippen LogP contribution in [0.15, 0.2) is 60.9 Å². The maximum atomic E-state index is 13.3. The fourth-order valence-electron chi connectivity index (χ4n) is 4.62. The average molecular weight is 490 g/mol. The summed E-state index contributed by atoms with van der Waals surface area (Å²) in [6, 6.07) is 13.8. The largest absolute Gasteiger partial charge is 0.493 e. The number of halogens is 1. The van der Waals surface area contributed by atoms with E-state index in [9.17, 15) is 9.18 Å². The van der Waals surface area contributed by atoms with E-state index in [-0.39, 0.29) is 17.6 Å². The number of benzene rings is 2. The van der Waals surface area contributed by atoms with Crippen molar-refractivity contribution in [1.29, 1.82) is 0 Å². The number of ether oxygens (including phenoxy) is 2. The second-order valence-electron chi connectivity index (χ2n) is 8.81. The van der Waals surface area contributed by atoms with Gasteiger partial charge in [-0.05, 0) is 60.9 Å². The number of hydrogen-bond acceptors (Lipinski definition) is 6. The van der Waals surface area contributed by atoms with Gasteiger partial charge in [-0.2, -0.15) is 5.10 Å².